The average Bonchev–Trinajstić information content (AvgIpc) is 3.49. The molecule has 0 aliphatic rings. The topological polar surface area (TPSA) is 101 Å². The molecule has 0 radical (unpaired) electrons. The van der Waals surface area contributed by atoms with E-state index in [4.69, 9.17) is 18.9 Å². The van der Waals surface area contributed by atoms with Crippen molar-refractivity contribution in [3.8, 4) is 16.9 Å². The first kappa shape index (κ1) is 25.1. The summed E-state index contributed by atoms with van der Waals surface area (Å²) in [6.07, 6.45) is 0.941. The van der Waals surface area contributed by atoms with Gasteiger partial charge in [-0.15, -0.1) is 11.3 Å². The molecule has 0 aliphatic carbocycles. The molecule has 1 aromatic carbocycles. The lowest BCUT2D eigenvalue weighted by Gasteiger charge is -2.24. The molecule has 186 valence electrons. The molecule has 0 saturated heterocycles. The van der Waals surface area contributed by atoms with Gasteiger partial charge in [0.15, 0.2) is 0 Å². The number of H-pyrrole nitrogens is 1. The number of thiophene rings is 1. The molecule has 0 saturated carbocycles. The van der Waals surface area contributed by atoms with E-state index in [0.717, 1.165) is 22.6 Å². The Morgan fingerprint density at radius 2 is 1.97 bits per heavy atom. The largest absolute Gasteiger partial charge is 0.497 e. The Labute approximate surface area is 208 Å². The van der Waals surface area contributed by atoms with E-state index in [2.05, 4.69) is 18.8 Å². The van der Waals surface area contributed by atoms with Crippen molar-refractivity contribution in [1.29, 1.82) is 0 Å². The number of hydrogen-bond acceptors (Lipinski definition) is 8. The zero-order valence-electron chi connectivity index (χ0n) is 20.2. The Balaban J connectivity index is 1.54. The predicted molar refractivity (Wildman–Crippen MR) is 137 cm³/mol. The van der Waals surface area contributed by atoms with E-state index >= 15 is 0 Å². The molecule has 2 N–H and O–H groups in total. The maximum atomic E-state index is 13.1. The fourth-order valence-electron chi connectivity index (χ4n) is 3.86. The summed E-state index contributed by atoms with van der Waals surface area (Å²) in [4.78, 5) is 23.4. The predicted octanol–water partition coefficient (Wildman–Crippen LogP) is 4.29. The van der Waals surface area contributed by atoms with Crippen LogP contribution in [0, 0.1) is 5.92 Å². The minimum absolute atomic E-state index is 0.184. The fourth-order valence-corrected chi connectivity index (χ4v) is 4.83. The quantitative estimate of drug-likeness (QED) is 0.301. The minimum atomic E-state index is -0.678. The molecule has 0 fully saturated rings. The Hall–Kier alpha value is -2.98. The van der Waals surface area contributed by atoms with Gasteiger partial charge >= 0.3 is 0 Å². The highest BCUT2D eigenvalue weighted by molar-refractivity contribution is 7.17. The molecule has 0 aliphatic heterocycles. The summed E-state index contributed by atoms with van der Waals surface area (Å²) >= 11 is 1.44. The van der Waals surface area contributed by atoms with Crippen LogP contribution in [-0.2, 0) is 17.8 Å². The number of nitrogens with zero attached hydrogens (tertiary/aromatic N) is 2. The second kappa shape index (κ2) is 11.6. The number of furan rings is 1. The second-order valence-electron chi connectivity index (χ2n) is 8.90. The maximum absolute atomic E-state index is 13.1. The van der Waals surface area contributed by atoms with E-state index in [0.29, 0.717) is 48.2 Å². The average molecular weight is 498 g/mol. The van der Waals surface area contributed by atoms with Crippen molar-refractivity contribution >= 4 is 21.6 Å². The summed E-state index contributed by atoms with van der Waals surface area (Å²) < 4.78 is 16.3. The first-order chi connectivity index (χ1) is 16.9. The van der Waals surface area contributed by atoms with Crippen molar-refractivity contribution in [3.05, 3.63) is 70.0 Å². The van der Waals surface area contributed by atoms with Crippen LogP contribution in [0.25, 0.3) is 21.3 Å². The Morgan fingerprint density at radius 3 is 2.66 bits per heavy atom. The van der Waals surface area contributed by atoms with Crippen molar-refractivity contribution in [2.75, 3.05) is 26.9 Å². The van der Waals surface area contributed by atoms with E-state index in [9.17, 15) is 9.90 Å². The zero-order chi connectivity index (χ0) is 24.8. The van der Waals surface area contributed by atoms with Gasteiger partial charge in [-0.2, -0.15) is 0 Å². The van der Waals surface area contributed by atoms with Crippen molar-refractivity contribution in [1.82, 2.24) is 14.9 Å². The lowest BCUT2D eigenvalue weighted by Crippen LogP contribution is -2.35. The number of hydrogen-bond donors (Lipinski definition) is 2. The highest BCUT2D eigenvalue weighted by Gasteiger charge is 2.18. The summed E-state index contributed by atoms with van der Waals surface area (Å²) in [5.41, 5.74) is 1.59. The molecule has 8 nitrogen and oxygen atoms in total. The van der Waals surface area contributed by atoms with E-state index in [1.54, 1.807) is 13.4 Å². The van der Waals surface area contributed by atoms with Gasteiger partial charge in [-0.05, 0) is 35.7 Å². The van der Waals surface area contributed by atoms with Gasteiger partial charge in [0.2, 0.25) is 0 Å². The van der Waals surface area contributed by atoms with E-state index in [1.165, 1.54) is 11.3 Å². The molecule has 3 aromatic heterocycles. The Morgan fingerprint density at radius 1 is 1.17 bits per heavy atom. The van der Waals surface area contributed by atoms with Crippen LogP contribution in [-0.4, -0.2) is 52.9 Å². The van der Waals surface area contributed by atoms with Gasteiger partial charge in [0.25, 0.3) is 5.56 Å². The van der Waals surface area contributed by atoms with Crippen LogP contribution in [0.5, 0.6) is 5.75 Å². The molecule has 9 heteroatoms. The van der Waals surface area contributed by atoms with E-state index in [-0.39, 0.29) is 12.2 Å². The van der Waals surface area contributed by atoms with E-state index < -0.39 is 6.10 Å². The highest BCUT2D eigenvalue weighted by atomic mass is 32.1. The third kappa shape index (κ3) is 6.58. The number of aliphatic hydroxyl groups excluding tert-OH is 1. The van der Waals surface area contributed by atoms with Crippen molar-refractivity contribution in [2.24, 2.45) is 5.92 Å². The van der Waals surface area contributed by atoms with Gasteiger partial charge in [0.1, 0.15) is 22.2 Å². The van der Waals surface area contributed by atoms with Crippen LogP contribution in [0.4, 0.5) is 0 Å². The van der Waals surface area contributed by atoms with Gasteiger partial charge in [-0.25, -0.2) is 4.98 Å². The molecule has 4 rings (SSSR count). The number of ether oxygens (including phenoxy) is 2. The van der Waals surface area contributed by atoms with Gasteiger partial charge in [-0.3, -0.25) is 9.69 Å². The zero-order valence-corrected chi connectivity index (χ0v) is 21.0. The summed E-state index contributed by atoms with van der Waals surface area (Å²) in [6, 6.07) is 11.3. The number of aromatic amines is 1. The van der Waals surface area contributed by atoms with Crippen LogP contribution in [0.15, 0.2) is 57.3 Å². The first-order valence-electron chi connectivity index (χ1n) is 11.6. The van der Waals surface area contributed by atoms with Gasteiger partial charge in [0.05, 0.1) is 44.6 Å². The van der Waals surface area contributed by atoms with Crippen molar-refractivity contribution in [2.45, 2.75) is 33.0 Å². The van der Waals surface area contributed by atoms with Crippen LogP contribution in [0.3, 0.4) is 0 Å². The van der Waals surface area contributed by atoms with E-state index in [1.807, 2.05) is 46.7 Å². The number of aliphatic hydroxyl groups is 1. The molecule has 0 bridgehead atoms. The van der Waals surface area contributed by atoms with Crippen LogP contribution < -0.4 is 10.3 Å². The first-order valence-corrected chi connectivity index (χ1v) is 12.5. The fraction of sp³-hybridized carbons (Fsp3) is 0.385. The minimum Gasteiger partial charge on any atom is -0.497 e. The monoisotopic (exact) mass is 497 g/mol. The molecule has 0 spiro atoms. The number of nitrogens with one attached hydrogen (secondary N) is 1. The lowest BCUT2D eigenvalue weighted by atomic mass is 10.1. The smallest absolute Gasteiger partial charge is 0.260 e. The van der Waals surface area contributed by atoms with Gasteiger partial charge in [0, 0.05) is 24.1 Å². The molecule has 4 aromatic rings. The lowest BCUT2D eigenvalue weighted by molar-refractivity contribution is 0.00421. The molecule has 35 heavy (non-hydrogen) atoms. The highest BCUT2D eigenvalue weighted by Crippen LogP contribution is 2.31. The summed E-state index contributed by atoms with van der Waals surface area (Å²) in [7, 11) is 1.62. The molecule has 1 unspecified atom stereocenters. The summed E-state index contributed by atoms with van der Waals surface area (Å²) in [5, 5.41) is 13.1. The maximum Gasteiger partial charge on any atom is 0.260 e. The number of aromatic nitrogens is 2. The third-order valence-electron chi connectivity index (χ3n) is 5.46. The number of benzene rings is 1. The summed E-state index contributed by atoms with van der Waals surface area (Å²) in [6.45, 7) is 6.14. The van der Waals surface area contributed by atoms with Gasteiger partial charge < -0.3 is 24.0 Å². The number of methoxy groups -OCH3 is 1. The van der Waals surface area contributed by atoms with Crippen LogP contribution in [0.2, 0.25) is 0 Å². The Kier molecular flexibility index (Phi) is 8.35. The molecule has 1 atom stereocenters. The van der Waals surface area contributed by atoms with Gasteiger partial charge in [-0.1, -0.05) is 26.0 Å². The normalized spacial score (nSPS) is 12.6. The Bertz CT molecular complexity index is 1260. The summed E-state index contributed by atoms with van der Waals surface area (Å²) in [5.74, 6) is 2.46. The standard InChI is InChI=1S/C26H31N3O5S/c1-17(2)14-33-15-19(30)11-29(12-21-5-4-10-34-21)13-23-27-25(31)24-22(16-35-26(24)28-23)18-6-8-20(32-3)9-7-18/h4-10,16-17,19,30H,11-15H2,1-3H3,(H,27,28,31). The van der Waals surface area contributed by atoms with Crippen LogP contribution in [0.1, 0.15) is 25.4 Å². The third-order valence-corrected chi connectivity index (χ3v) is 6.33. The number of rotatable bonds is 12. The van der Waals surface area contributed by atoms with Crippen molar-refractivity contribution in [3.63, 3.8) is 0 Å². The number of fused-ring (bicyclic) bond motifs is 1. The molecular weight excluding hydrogens is 466 g/mol. The van der Waals surface area contributed by atoms with Crippen LogP contribution >= 0.6 is 11.3 Å². The second-order valence-corrected chi connectivity index (χ2v) is 9.76. The molecule has 0 amide bonds. The van der Waals surface area contributed by atoms with Crippen molar-refractivity contribution < 1.29 is 19.0 Å². The molecular formula is C26H31N3O5S. The SMILES string of the molecule is COc1ccc(-c2csc3nc(CN(Cc4ccco4)CC(O)COCC(C)C)[nH]c(=O)c23)cc1. The molecule has 3 heterocycles.